The normalized spacial score (nSPS) is 16.3. The van der Waals surface area contributed by atoms with Crippen LogP contribution in [0.3, 0.4) is 0 Å². The molecule has 6 N–H and O–H groups in total. The smallest absolute Gasteiger partial charge is 0.304 e. The van der Waals surface area contributed by atoms with Crippen LogP contribution >= 0.6 is 11.6 Å². The third kappa shape index (κ3) is 6.43. The second kappa shape index (κ2) is 10.9. The Morgan fingerprint density at radius 1 is 1.25 bits per heavy atom. The number of carbonyl (C=O) groups excluding carboxylic acids is 1. The average molecular weight is 460 g/mol. The number of rotatable bonds is 9. The van der Waals surface area contributed by atoms with Gasteiger partial charge in [-0.3, -0.25) is 19.9 Å². The molecule has 1 saturated heterocycles. The molecule has 170 valence electrons. The Morgan fingerprint density at radius 2 is 2.00 bits per heavy atom. The van der Waals surface area contributed by atoms with Crippen LogP contribution in [0.2, 0.25) is 5.02 Å². The highest BCUT2D eigenvalue weighted by Gasteiger charge is 2.24. The minimum absolute atomic E-state index is 0.0196. The lowest BCUT2D eigenvalue weighted by Crippen LogP contribution is -2.49. The number of benzene rings is 2. The maximum absolute atomic E-state index is 12.9. The summed E-state index contributed by atoms with van der Waals surface area (Å²) in [6, 6.07) is 11.7. The maximum Gasteiger partial charge on any atom is 0.304 e. The van der Waals surface area contributed by atoms with Gasteiger partial charge in [0.05, 0.1) is 31.2 Å². The van der Waals surface area contributed by atoms with Crippen LogP contribution in [-0.4, -0.2) is 66.6 Å². The van der Waals surface area contributed by atoms with Crippen molar-refractivity contribution in [1.29, 1.82) is 5.41 Å². The molecule has 1 aliphatic heterocycles. The van der Waals surface area contributed by atoms with Crippen molar-refractivity contribution in [1.82, 2.24) is 4.90 Å². The summed E-state index contributed by atoms with van der Waals surface area (Å²) in [5.41, 5.74) is 7.57. The summed E-state index contributed by atoms with van der Waals surface area (Å²) in [4.78, 5) is 25.9. The number of anilines is 2. The van der Waals surface area contributed by atoms with Crippen molar-refractivity contribution in [3.05, 3.63) is 58.6 Å². The van der Waals surface area contributed by atoms with Crippen molar-refractivity contribution >= 4 is 40.7 Å². The quantitative estimate of drug-likeness (QED) is 0.286. The Kier molecular flexibility index (Phi) is 8.04. The molecule has 10 heteroatoms. The second-order valence-electron chi connectivity index (χ2n) is 7.42. The van der Waals surface area contributed by atoms with Crippen LogP contribution in [0.1, 0.15) is 22.3 Å². The number of nitrogen functional groups attached to an aromatic ring is 1. The summed E-state index contributed by atoms with van der Waals surface area (Å²) >= 11 is 6.13. The molecule has 1 atom stereocenters. The van der Waals surface area contributed by atoms with E-state index in [-0.39, 0.29) is 24.2 Å². The number of nitrogens with two attached hydrogens (primary N) is 1. The molecule has 32 heavy (non-hydrogen) atoms. The molecule has 2 aromatic carbocycles. The number of aliphatic carboxylic acids is 1. The number of halogens is 1. The van der Waals surface area contributed by atoms with E-state index in [4.69, 9.17) is 32.6 Å². The molecular weight excluding hydrogens is 434 g/mol. The number of hydrogen-bond acceptors (Lipinski definition) is 6. The molecule has 0 aliphatic carbocycles. The molecule has 0 aromatic heterocycles. The van der Waals surface area contributed by atoms with Crippen molar-refractivity contribution in [3.63, 3.8) is 0 Å². The van der Waals surface area contributed by atoms with Crippen molar-refractivity contribution in [2.45, 2.75) is 12.5 Å². The first-order valence-corrected chi connectivity index (χ1v) is 10.5. The summed E-state index contributed by atoms with van der Waals surface area (Å²) in [7, 11) is 0. The predicted octanol–water partition coefficient (Wildman–Crippen LogP) is 2.46. The number of carboxylic acids is 1. The average Bonchev–Trinajstić information content (AvgIpc) is 2.77. The van der Waals surface area contributed by atoms with Crippen molar-refractivity contribution < 1.29 is 19.4 Å². The van der Waals surface area contributed by atoms with Gasteiger partial charge in [-0.25, -0.2) is 0 Å². The number of carbonyl (C=O) groups is 2. The number of ether oxygens (including phenoxy) is 1. The number of amidine groups is 1. The highest BCUT2D eigenvalue weighted by Crippen LogP contribution is 2.23. The lowest BCUT2D eigenvalue weighted by molar-refractivity contribution is -0.137. The number of carboxylic acid groups (broad SMARTS) is 1. The van der Waals surface area contributed by atoms with Crippen molar-refractivity contribution in [2.24, 2.45) is 5.73 Å². The first-order valence-electron chi connectivity index (χ1n) is 10.2. The molecular formula is C22H26ClN5O4. The summed E-state index contributed by atoms with van der Waals surface area (Å²) < 4.78 is 5.56. The van der Waals surface area contributed by atoms with Crippen LogP contribution in [0, 0.1) is 5.41 Å². The summed E-state index contributed by atoms with van der Waals surface area (Å²) in [6.45, 7) is 2.62. The molecule has 3 rings (SSSR count). The zero-order valence-electron chi connectivity index (χ0n) is 17.4. The van der Waals surface area contributed by atoms with Gasteiger partial charge in [0.1, 0.15) is 5.84 Å². The number of hydrogen-bond donors (Lipinski definition) is 5. The summed E-state index contributed by atoms with van der Waals surface area (Å²) in [6.07, 6.45) is 0.0630. The van der Waals surface area contributed by atoms with Gasteiger partial charge in [-0.15, -0.1) is 0 Å². The van der Waals surface area contributed by atoms with E-state index in [1.165, 1.54) is 0 Å². The van der Waals surface area contributed by atoms with Crippen molar-refractivity contribution in [2.75, 3.05) is 43.5 Å². The van der Waals surface area contributed by atoms with Gasteiger partial charge in [-0.1, -0.05) is 11.6 Å². The van der Waals surface area contributed by atoms with E-state index in [2.05, 4.69) is 15.5 Å². The van der Waals surface area contributed by atoms with Crippen LogP contribution in [0.4, 0.5) is 11.4 Å². The standard InChI is InChI=1S/C22H26ClN5O4/c23-15-3-6-19(26-12-17-13-32-10-9-28(17)8-7-20(29)30)18(11-15)22(31)27-16-4-1-14(2-5-16)21(24)25/h1-6,11,17,26H,7-10,12-13H2,(H3,24,25)(H,27,31)(H,29,30). The Morgan fingerprint density at radius 3 is 2.69 bits per heavy atom. The fraction of sp³-hybridized carbons (Fsp3) is 0.318. The van der Waals surface area contributed by atoms with Gasteiger partial charge < -0.3 is 26.2 Å². The first-order chi connectivity index (χ1) is 15.3. The number of nitrogens with zero attached hydrogens (tertiary/aromatic N) is 1. The van der Waals surface area contributed by atoms with Gasteiger partial charge in [-0.2, -0.15) is 0 Å². The molecule has 1 heterocycles. The fourth-order valence-electron chi connectivity index (χ4n) is 3.43. The van der Waals surface area contributed by atoms with Crippen LogP contribution in [-0.2, 0) is 9.53 Å². The molecule has 1 fully saturated rings. The second-order valence-corrected chi connectivity index (χ2v) is 7.86. The minimum Gasteiger partial charge on any atom is -0.481 e. The largest absolute Gasteiger partial charge is 0.481 e. The van der Waals surface area contributed by atoms with E-state index in [0.717, 1.165) is 0 Å². The Bertz CT molecular complexity index is 983. The van der Waals surface area contributed by atoms with Gasteiger partial charge in [0.2, 0.25) is 0 Å². The van der Waals surface area contributed by atoms with Crippen LogP contribution in [0.15, 0.2) is 42.5 Å². The molecule has 0 spiro atoms. The van der Waals surface area contributed by atoms with Gasteiger partial charge in [-0.05, 0) is 42.5 Å². The summed E-state index contributed by atoms with van der Waals surface area (Å²) in [5, 5.41) is 23.0. The van der Waals surface area contributed by atoms with Crippen molar-refractivity contribution in [3.8, 4) is 0 Å². The fourth-order valence-corrected chi connectivity index (χ4v) is 3.60. The Balaban J connectivity index is 1.69. The first kappa shape index (κ1) is 23.5. The molecule has 0 radical (unpaired) electrons. The minimum atomic E-state index is -0.837. The van der Waals surface area contributed by atoms with Crippen LogP contribution in [0.25, 0.3) is 0 Å². The van der Waals surface area contributed by atoms with Gasteiger partial charge in [0, 0.05) is 41.6 Å². The molecule has 1 unspecified atom stereocenters. The highest BCUT2D eigenvalue weighted by molar-refractivity contribution is 6.31. The zero-order chi connectivity index (χ0) is 23.1. The molecule has 0 saturated carbocycles. The van der Waals surface area contributed by atoms with E-state index in [9.17, 15) is 9.59 Å². The van der Waals surface area contributed by atoms with Crippen LogP contribution < -0.4 is 16.4 Å². The van der Waals surface area contributed by atoms with E-state index in [1.807, 2.05) is 0 Å². The molecule has 1 amide bonds. The third-order valence-corrected chi connectivity index (χ3v) is 5.41. The highest BCUT2D eigenvalue weighted by atomic mass is 35.5. The van der Waals surface area contributed by atoms with E-state index < -0.39 is 5.97 Å². The van der Waals surface area contributed by atoms with Gasteiger partial charge in [0.15, 0.2) is 0 Å². The molecule has 2 aromatic rings. The van der Waals surface area contributed by atoms with E-state index in [0.29, 0.717) is 60.4 Å². The third-order valence-electron chi connectivity index (χ3n) is 5.17. The summed E-state index contributed by atoms with van der Waals surface area (Å²) in [5.74, 6) is -1.22. The molecule has 9 nitrogen and oxygen atoms in total. The van der Waals surface area contributed by atoms with Gasteiger partial charge in [0.25, 0.3) is 5.91 Å². The van der Waals surface area contributed by atoms with Crippen LogP contribution in [0.5, 0.6) is 0 Å². The molecule has 1 aliphatic rings. The zero-order valence-corrected chi connectivity index (χ0v) is 18.2. The lowest BCUT2D eigenvalue weighted by Gasteiger charge is -2.35. The maximum atomic E-state index is 12.9. The number of amides is 1. The Hall–Kier alpha value is -3.14. The topological polar surface area (TPSA) is 141 Å². The van der Waals surface area contributed by atoms with E-state index >= 15 is 0 Å². The van der Waals surface area contributed by atoms with E-state index in [1.54, 1.807) is 42.5 Å². The molecule has 0 bridgehead atoms. The monoisotopic (exact) mass is 459 g/mol. The predicted molar refractivity (Wildman–Crippen MR) is 124 cm³/mol. The number of morpholine rings is 1. The van der Waals surface area contributed by atoms with Gasteiger partial charge >= 0.3 is 5.97 Å². The number of nitrogens with one attached hydrogen (secondary N) is 3. The lowest BCUT2D eigenvalue weighted by atomic mass is 10.1. The SMILES string of the molecule is N=C(N)c1ccc(NC(=O)c2cc(Cl)ccc2NCC2COCCN2CCC(=O)O)cc1. The Labute approximate surface area is 191 Å².